The molecule has 2 amide bonds. The lowest BCUT2D eigenvalue weighted by Gasteiger charge is -2.33. The van der Waals surface area contributed by atoms with Crippen LogP contribution in [-0.2, 0) is 9.59 Å². The molecule has 0 aliphatic carbocycles. The van der Waals surface area contributed by atoms with Crippen molar-refractivity contribution in [2.45, 2.75) is 6.92 Å². The van der Waals surface area contributed by atoms with E-state index in [1.807, 2.05) is 0 Å². The molecule has 0 saturated carbocycles. The first-order valence-corrected chi connectivity index (χ1v) is 12.3. The van der Waals surface area contributed by atoms with E-state index in [0.29, 0.717) is 46.1 Å². The summed E-state index contributed by atoms with van der Waals surface area (Å²) in [7, 11) is 0. The number of piperazine rings is 1. The van der Waals surface area contributed by atoms with Crippen molar-refractivity contribution in [1.82, 2.24) is 34.4 Å². The summed E-state index contributed by atoms with van der Waals surface area (Å²) in [5.74, 6) is 0.337. The molecule has 5 aromatic rings. The molecule has 1 aromatic carbocycles. The highest BCUT2D eigenvalue weighted by molar-refractivity contribution is 6.00. The van der Waals surface area contributed by atoms with Crippen LogP contribution in [0.1, 0.15) is 5.56 Å². The second-order valence-corrected chi connectivity index (χ2v) is 9.02. The summed E-state index contributed by atoms with van der Waals surface area (Å²) in [4.78, 5) is 44.9. The Labute approximate surface area is 226 Å². The van der Waals surface area contributed by atoms with Crippen LogP contribution in [0, 0.1) is 12.7 Å². The Bertz CT molecular complexity index is 1810. The van der Waals surface area contributed by atoms with Crippen molar-refractivity contribution in [2.75, 3.05) is 29.9 Å². The van der Waals surface area contributed by atoms with E-state index in [0.717, 1.165) is 0 Å². The van der Waals surface area contributed by atoms with Crippen molar-refractivity contribution in [3.8, 4) is 11.5 Å². The molecule has 6 rings (SSSR count). The number of hydrogen-bond acceptors (Lipinski definition) is 9. The van der Waals surface area contributed by atoms with E-state index in [4.69, 9.17) is 4.74 Å². The summed E-state index contributed by atoms with van der Waals surface area (Å²) >= 11 is 0. The molecule has 1 saturated heterocycles. The molecule has 40 heavy (non-hydrogen) atoms. The average molecular weight is 540 g/mol. The molecule has 1 fully saturated rings. The van der Waals surface area contributed by atoms with Crippen LogP contribution in [0.3, 0.4) is 0 Å². The van der Waals surface area contributed by atoms with E-state index in [1.54, 1.807) is 48.0 Å². The van der Waals surface area contributed by atoms with Crippen LogP contribution in [0.2, 0.25) is 0 Å². The predicted octanol–water partition coefficient (Wildman–Crippen LogP) is 3.41. The third-order valence-corrected chi connectivity index (χ3v) is 6.45. The quantitative estimate of drug-likeness (QED) is 0.323. The molecule has 1 aliphatic rings. The van der Waals surface area contributed by atoms with E-state index in [-0.39, 0.29) is 36.4 Å². The summed E-state index contributed by atoms with van der Waals surface area (Å²) in [5, 5.41) is 7.05. The number of nitrogens with zero attached hydrogens (tertiary/aromatic N) is 8. The topological polar surface area (TPSA) is 131 Å². The Kier molecular flexibility index (Phi) is 6.22. The molecule has 0 spiro atoms. The molecule has 13 heteroatoms. The Morgan fingerprint density at radius 3 is 2.83 bits per heavy atom. The SMILES string of the molecule is C=CC(=O)N1CCN(c2ccc3ncnc(Nc4cc(C)c(Oc5ccn6ncnc6c5)cc4F)c3n2)C(=O)C1. The standard InChI is InChI=1S/C27H22FN9O3/c1-3-24(38)35-8-9-36(25(39)13-35)22-5-4-19-26(34-22)27(31-14-29-19)33-20-10-16(2)21(12-18(20)28)40-17-6-7-37-23(11-17)30-15-32-37/h3-7,10-12,14-15H,1,8-9,13H2,2H3,(H,29,31,33). The number of carbonyl (C=O) groups is 2. The van der Waals surface area contributed by atoms with Crippen molar-refractivity contribution in [3.05, 3.63) is 79.3 Å². The maximum atomic E-state index is 15.2. The van der Waals surface area contributed by atoms with Gasteiger partial charge in [-0.1, -0.05) is 6.58 Å². The third kappa shape index (κ3) is 4.64. The third-order valence-electron chi connectivity index (χ3n) is 6.45. The smallest absolute Gasteiger partial charge is 0.247 e. The van der Waals surface area contributed by atoms with Gasteiger partial charge in [0.2, 0.25) is 11.8 Å². The summed E-state index contributed by atoms with van der Waals surface area (Å²) < 4.78 is 22.8. The van der Waals surface area contributed by atoms with Gasteiger partial charge in [-0.2, -0.15) is 5.10 Å². The molecule has 0 unspecified atom stereocenters. The summed E-state index contributed by atoms with van der Waals surface area (Å²) in [5.41, 5.74) is 2.31. The number of hydrogen-bond donors (Lipinski definition) is 1. The molecule has 0 bridgehead atoms. The van der Waals surface area contributed by atoms with E-state index in [9.17, 15) is 9.59 Å². The number of pyridine rings is 2. The number of benzene rings is 1. The molecular weight excluding hydrogens is 517 g/mol. The van der Waals surface area contributed by atoms with Crippen LogP contribution < -0.4 is 15.0 Å². The van der Waals surface area contributed by atoms with Gasteiger partial charge in [0.25, 0.3) is 0 Å². The van der Waals surface area contributed by atoms with Gasteiger partial charge in [0, 0.05) is 31.4 Å². The maximum absolute atomic E-state index is 15.2. The number of nitrogens with one attached hydrogen (secondary N) is 1. The fraction of sp³-hybridized carbons (Fsp3) is 0.148. The van der Waals surface area contributed by atoms with Gasteiger partial charge >= 0.3 is 0 Å². The summed E-state index contributed by atoms with van der Waals surface area (Å²) in [6, 6.07) is 9.70. The van der Waals surface area contributed by atoms with Gasteiger partial charge in [-0.3, -0.25) is 14.5 Å². The summed E-state index contributed by atoms with van der Waals surface area (Å²) in [6.07, 6.45) is 5.67. The number of fused-ring (bicyclic) bond motifs is 2. The molecule has 1 aliphatic heterocycles. The van der Waals surface area contributed by atoms with Crippen molar-refractivity contribution >= 4 is 45.8 Å². The van der Waals surface area contributed by atoms with Crippen LogP contribution in [0.5, 0.6) is 11.5 Å². The normalized spacial score (nSPS) is 13.6. The largest absolute Gasteiger partial charge is 0.457 e. The Morgan fingerprint density at radius 1 is 1.12 bits per heavy atom. The predicted molar refractivity (Wildman–Crippen MR) is 144 cm³/mol. The first kappa shape index (κ1) is 24.9. The van der Waals surface area contributed by atoms with Crippen LogP contribution in [0.25, 0.3) is 16.7 Å². The van der Waals surface area contributed by atoms with E-state index >= 15 is 4.39 Å². The number of aryl methyl sites for hydroxylation is 1. The maximum Gasteiger partial charge on any atom is 0.247 e. The van der Waals surface area contributed by atoms with Crippen molar-refractivity contribution in [2.24, 2.45) is 0 Å². The van der Waals surface area contributed by atoms with Gasteiger partial charge in [0.05, 0.1) is 11.2 Å². The van der Waals surface area contributed by atoms with Gasteiger partial charge in [-0.25, -0.2) is 28.8 Å². The minimum Gasteiger partial charge on any atom is -0.457 e. The fourth-order valence-electron chi connectivity index (χ4n) is 4.39. The summed E-state index contributed by atoms with van der Waals surface area (Å²) in [6.45, 7) is 5.81. The lowest BCUT2D eigenvalue weighted by atomic mass is 10.2. The zero-order valence-electron chi connectivity index (χ0n) is 21.3. The number of aromatic nitrogens is 6. The average Bonchev–Trinajstić information content (AvgIpc) is 3.43. The first-order chi connectivity index (χ1) is 19.4. The highest BCUT2D eigenvalue weighted by Crippen LogP contribution is 2.32. The zero-order valence-corrected chi connectivity index (χ0v) is 21.3. The molecule has 12 nitrogen and oxygen atoms in total. The minimum atomic E-state index is -0.565. The number of rotatable bonds is 6. The number of carbonyl (C=O) groups excluding carboxylic acids is 2. The highest BCUT2D eigenvalue weighted by atomic mass is 19.1. The number of ether oxygens (including phenoxy) is 1. The van der Waals surface area contributed by atoms with E-state index in [2.05, 4.69) is 36.9 Å². The molecular formula is C27H22FN9O3. The lowest BCUT2D eigenvalue weighted by Crippen LogP contribution is -2.52. The van der Waals surface area contributed by atoms with Crippen LogP contribution >= 0.6 is 0 Å². The van der Waals surface area contributed by atoms with Gasteiger partial charge in [0.1, 0.15) is 47.9 Å². The highest BCUT2D eigenvalue weighted by Gasteiger charge is 2.28. The minimum absolute atomic E-state index is 0.0767. The Balaban J connectivity index is 1.26. The van der Waals surface area contributed by atoms with Crippen molar-refractivity contribution < 1.29 is 18.7 Å². The number of anilines is 3. The molecule has 200 valence electrons. The second-order valence-electron chi connectivity index (χ2n) is 9.02. The Morgan fingerprint density at radius 2 is 2.00 bits per heavy atom. The van der Waals surface area contributed by atoms with Crippen molar-refractivity contribution in [3.63, 3.8) is 0 Å². The van der Waals surface area contributed by atoms with Crippen LogP contribution in [0.4, 0.5) is 21.7 Å². The van der Waals surface area contributed by atoms with Gasteiger partial charge < -0.3 is 15.0 Å². The molecule has 0 radical (unpaired) electrons. The molecule has 5 heterocycles. The fourth-order valence-corrected chi connectivity index (χ4v) is 4.39. The van der Waals surface area contributed by atoms with Crippen LogP contribution in [-0.4, -0.2) is 65.9 Å². The molecule has 4 aromatic heterocycles. The lowest BCUT2D eigenvalue weighted by molar-refractivity contribution is -0.133. The van der Waals surface area contributed by atoms with Gasteiger partial charge in [-0.05, 0) is 42.8 Å². The molecule has 0 atom stereocenters. The van der Waals surface area contributed by atoms with Gasteiger partial charge in [0.15, 0.2) is 11.5 Å². The first-order valence-electron chi connectivity index (χ1n) is 12.3. The van der Waals surface area contributed by atoms with Gasteiger partial charge in [-0.15, -0.1) is 0 Å². The zero-order chi connectivity index (χ0) is 27.8. The van der Waals surface area contributed by atoms with Crippen molar-refractivity contribution in [1.29, 1.82) is 0 Å². The monoisotopic (exact) mass is 539 g/mol. The number of halogens is 1. The van der Waals surface area contributed by atoms with E-state index in [1.165, 1.54) is 34.6 Å². The second kappa shape index (κ2) is 10.0. The van der Waals surface area contributed by atoms with Crippen LogP contribution in [0.15, 0.2) is 67.9 Å². The number of amides is 2. The van der Waals surface area contributed by atoms with E-state index < -0.39 is 5.82 Å². The molecule has 1 N–H and O–H groups in total. The Hall–Kier alpha value is -5.46.